The maximum absolute atomic E-state index is 13.6. The minimum atomic E-state index is -4.19. The van der Waals surface area contributed by atoms with E-state index in [9.17, 15) is 18.9 Å². The lowest BCUT2D eigenvalue weighted by Gasteiger charge is -2.22. The molecule has 51 heavy (non-hydrogen) atoms. The molecule has 2 aromatic rings. The fourth-order valence-electron chi connectivity index (χ4n) is 5.67. The summed E-state index contributed by atoms with van der Waals surface area (Å²) in [6.07, 6.45) is 2.63. The second kappa shape index (κ2) is 19.1. The maximum Gasteiger partial charge on any atom is 0.510 e. The Balaban J connectivity index is 1.45. The minimum Gasteiger partial charge on any atom is -0.432 e. The van der Waals surface area contributed by atoms with Crippen LogP contribution in [0.15, 0.2) is 6.33 Å². The quantitative estimate of drug-likeness (QED) is 0.0665. The van der Waals surface area contributed by atoms with Crippen LogP contribution in [0.3, 0.4) is 0 Å². The van der Waals surface area contributed by atoms with Crippen molar-refractivity contribution < 1.29 is 56.4 Å². The van der Waals surface area contributed by atoms with Crippen LogP contribution in [-0.2, 0) is 46.8 Å². The number of ketones is 1. The van der Waals surface area contributed by atoms with Crippen LogP contribution in [0.4, 0.5) is 15.4 Å². The lowest BCUT2D eigenvalue weighted by molar-refractivity contribution is -0.122. The Hall–Kier alpha value is -3.08. The molecule has 1 N–H and O–H groups in total. The number of halogens is 1. The summed E-state index contributed by atoms with van der Waals surface area (Å²) in [7, 11) is -4.19. The van der Waals surface area contributed by atoms with E-state index in [1.165, 1.54) is 0 Å². The van der Waals surface area contributed by atoms with Crippen molar-refractivity contribution in [2.75, 3.05) is 31.9 Å². The highest BCUT2D eigenvalue weighted by atomic mass is 35.5. The minimum absolute atomic E-state index is 0.0698. The highest BCUT2D eigenvalue weighted by Crippen LogP contribution is 2.48. The number of nitrogens with one attached hydrogen (secondary N) is 1. The molecule has 3 heterocycles. The number of fused-ring (bicyclic) bond motifs is 1. The summed E-state index contributed by atoms with van der Waals surface area (Å²) in [6, 6.07) is 0.279. The van der Waals surface area contributed by atoms with Gasteiger partial charge in [0.25, 0.3) is 0 Å². The standard InChI is InChI=1S/C32H49ClN5O12P/c1-19(2)24(39)12-11-22-13-26(38-15-34-27-28(35-23-9-7-8-10-23)36-30(33)37-29(27)38)50-25(22)14-43-18-51(42,46-16-44-31(40)48-20(3)4)47-17-45-32(41)49-21(5)6/h15,19-23,25-26H,7-14,16-18H2,1-6H3,(H,35,36,37)/t22-,25+,26?/m0/s1. The summed E-state index contributed by atoms with van der Waals surface area (Å²) >= 11 is 6.36. The van der Waals surface area contributed by atoms with Gasteiger partial charge in [0.2, 0.25) is 18.9 Å². The maximum atomic E-state index is 13.6. The summed E-state index contributed by atoms with van der Waals surface area (Å²) in [5.74, 6) is 0.409. The van der Waals surface area contributed by atoms with Crippen LogP contribution in [0.1, 0.15) is 92.7 Å². The van der Waals surface area contributed by atoms with Gasteiger partial charge in [0.1, 0.15) is 18.4 Å². The average molecular weight is 762 g/mol. The van der Waals surface area contributed by atoms with Gasteiger partial charge in [0.05, 0.1) is 31.2 Å². The van der Waals surface area contributed by atoms with E-state index in [0.717, 1.165) is 25.7 Å². The average Bonchev–Trinajstić information content (AvgIpc) is 3.79. The Morgan fingerprint density at radius 3 is 2.22 bits per heavy atom. The fourth-order valence-corrected chi connectivity index (χ4v) is 6.82. The van der Waals surface area contributed by atoms with E-state index >= 15 is 0 Å². The number of nitrogens with zero attached hydrogens (tertiary/aromatic N) is 4. The second-order valence-electron chi connectivity index (χ2n) is 13.3. The number of rotatable bonds is 19. The molecule has 2 fully saturated rings. The topological polar surface area (TPSA) is 198 Å². The summed E-state index contributed by atoms with van der Waals surface area (Å²) in [6.45, 7) is 8.56. The van der Waals surface area contributed by atoms with E-state index in [1.807, 2.05) is 13.8 Å². The van der Waals surface area contributed by atoms with E-state index in [-0.39, 0.29) is 35.6 Å². The number of anilines is 1. The molecular weight excluding hydrogens is 713 g/mol. The molecule has 0 bridgehead atoms. The molecule has 0 radical (unpaired) electrons. The van der Waals surface area contributed by atoms with E-state index in [2.05, 4.69) is 20.3 Å². The van der Waals surface area contributed by atoms with Crippen molar-refractivity contribution in [3.63, 3.8) is 0 Å². The first-order chi connectivity index (χ1) is 24.2. The number of ether oxygens (including phenoxy) is 6. The van der Waals surface area contributed by atoms with Crippen LogP contribution in [0.25, 0.3) is 11.2 Å². The third-order valence-electron chi connectivity index (χ3n) is 8.22. The lowest BCUT2D eigenvalue weighted by Crippen LogP contribution is -2.25. The van der Waals surface area contributed by atoms with Gasteiger partial charge in [-0.1, -0.05) is 26.7 Å². The predicted molar refractivity (Wildman–Crippen MR) is 183 cm³/mol. The first kappa shape index (κ1) is 40.7. The van der Waals surface area contributed by atoms with E-state index in [0.29, 0.717) is 36.2 Å². The molecule has 1 aliphatic carbocycles. The number of hydrogen-bond acceptors (Lipinski definition) is 16. The van der Waals surface area contributed by atoms with E-state index < -0.39 is 64.4 Å². The Bertz CT molecular complexity index is 1490. The zero-order chi connectivity index (χ0) is 37.1. The molecule has 1 saturated carbocycles. The number of imidazole rings is 1. The van der Waals surface area contributed by atoms with Gasteiger partial charge in [0, 0.05) is 18.4 Å². The molecule has 2 aliphatic rings. The molecule has 286 valence electrons. The zero-order valence-corrected chi connectivity index (χ0v) is 31.6. The molecule has 0 amide bonds. The van der Waals surface area contributed by atoms with E-state index in [1.54, 1.807) is 38.6 Å². The van der Waals surface area contributed by atoms with Crippen LogP contribution in [-0.4, -0.2) is 88.5 Å². The van der Waals surface area contributed by atoms with Gasteiger partial charge in [-0.25, -0.2) is 14.6 Å². The monoisotopic (exact) mass is 761 g/mol. The molecule has 19 heteroatoms. The van der Waals surface area contributed by atoms with Crippen LogP contribution in [0.5, 0.6) is 0 Å². The largest absolute Gasteiger partial charge is 0.510 e. The number of Topliss-reactive ketones (excluding diaryl/α,β-unsaturated/α-hetero) is 1. The first-order valence-electron chi connectivity index (χ1n) is 17.2. The molecule has 4 rings (SSSR count). The molecule has 17 nitrogen and oxygen atoms in total. The smallest absolute Gasteiger partial charge is 0.432 e. The van der Waals surface area contributed by atoms with Crippen molar-refractivity contribution in [2.24, 2.45) is 11.8 Å². The highest BCUT2D eigenvalue weighted by Gasteiger charge is 2.38. The van der Waals surface area contributed by atoms with Crippen molar-refractivity contribution in [2.45, 2.75) is 117 Å². The summed E-state index contributed by atoms with van der Waals surface area (Å²) in [5.41, 5.74) is 1.06. The number of aromatic nitrogens is 4. The van der Waals surface area contributed by atoms with Gasteiger partial charge in [-0.3, -0.25) is 23.0 Å². The molecule has 2 aromatic heterocycles. The number of carbonyl (C=O) groups excluding carboxylic acids is 3. The van der Waals surface area contributed by atoms with Crippen LogP contribution < -0.4 is 5.32 Å². The third kappa shape index (κ3) is 12.5. The molecule has 0 spiro atoms. The third-order valence-corrected chi connectivity index (χ3v) is 9.88. The molecule has 1 unspecified atom stereocenters. The Kier molecular flexibility index (Phi) is 15.3. The van der Waals surface area contributed by atoms with Gasteiger partial charge < -0.3 is 33.7 Å². The van der Waals surface area contributed by atoms with Crippen molar-refractivity contribution in [3.8, 4) is 0 Å². The van der Waals surface area contributed by atoms with Crippen molar-refractivity contribution in [1.29, 1.82) is 0 Å². The van der Waals surface area contributed by atoms with E-state index in [4.69, 9.17) is 49.1 Å². The highest BCUT2D eigenvalue weighted by molar-refractivity contribution is 7.53. The van der Waals surface area contributed by atoms with Crippen molar-refractivity contribution >= 4 is 54.3 Å². The van der Waals surface area contributed by atoms with Gasteiger partial charge in [-0.15, -0.1) is 0 Å². The fraction of sp³-hybridized carbons (Fsp3) is 0.750. The Morgan fingerprint density at radius 2 is 1.63 bits per heavy atom. The Morgan fingerprint density at radius 1 is 1.00 bits per heavy atom. The normalized spacial score (nSPS) is 19.7. The summed E-state index contributed by atoms with van der Waals surface area (Å²) < 4.78 is 57.6. The first-order valence-corrected chi connectivity index (χ1v) is 19.3. The SMILES string of the molecule is CC(C)OC(=O)OCOP(=O)(COC[C@H]1OC(n2cnc3c(NC4CCCC4)nc(Cl)nc32)C[C@@H]1CCC(=O)C(C)C)OCOC(=O)OC(C)C. The summed E-state index contributed by atoms with van der Waals surface area (Å²) in [4.78, 5) is 49.7. The molecule has 3 atom stereocenters. The summed E-state index contributed by atoms with van der Waals surface area (Å²) in [5, 5.41) is 3.53. The van der Waals surface area contributed by atoms with Crippen LogP contribution in [0.2, 0.25) is 5.28 Å². The molecular formula is C32H49ClN5O12P. The number of hydrogen-bond donors (Lipinski definition) is 1. The Labute approximate surface area is 302 Å². The lowest BCUT2D eigenvalue weighted by atomic mass is 9.92. The van der Waals surface area contributed by atoms with Gasteiger partial charge in [-0.05, 0) is 70.9 Å². The molecule has 1 aliphatic heterocycles. The van der Waals surface area contributed by atoms with Crippen molar-refractivity contribution in [1.82, 2.24) is 19.5 Å². The van der Waals surface area contributed by atoms with Crippen LogP contribution in [0, 0.1) is 11.8 Å². The predicted octanol–water partition coefficient (Wildman–Crippen LogP) is 6.98. The molecule has 1 saturated heterocycles. The second-order valence-corrected chi connectivity index (χ2v) is 15.6. The number of carbonyl (C=O) groups is 3. The van der Waals surface area contributed by atoms with Gasteiger partial charge in [-0.2, -0.15) is 9.97 Å². The van der Waals surface area contributed by atoms with Gasteiger partial charge in [0.15, 0.2) is 17.0 Å². The van der Waals surface area contributed by atoms with Crippen LogP contribution >= 0.6 is 19.2 Å². The van der Waals surface area contributed by atoms with Gasteiger partial charge >= 0.3 is 19.9 Å². The molecule has 0 aromatic carbocycles. The zero-order valence-electron chi connectivity index (χ0n) is 29.9. The van der Waals surface area contributed by atoms with Crippen molar-refractivity contribution in [3.05, 3.63) is 11.6 Å².